The van der Waals surface area contributed by atoms with Crippen LogP contribution < -0.4 is 9.04 Å². The van der Waals surface area contributed by atoms with Gasteiger partial charge < -0.3 is 4.74 Å². The van der Waals surface area contributed by atoms with Gasteiger partial charge in [-0.2, -0.15) is 0 Å². The average Bonchev–Trinajstić information content (AvgIpc) is 2.51. The summed E-state index contributed by atoms with van der Waals surface area (Å²) in [6, 6.07) is 10.1. The fourth-order valence-electron chi connectivity index (χ4n) is 2.31. The van der Waals surface area contributed by atoms with Gasteiger partial charge in [0.15, 0.2) is 0 Å². The van der Waals surface area contributed by atoms with Crippen molar-refractivity contribution in [2.24, 2.45) is 0 Å². The number of sulfonamides is 1. The number of ether oxygens (including phenoxy) is 1. The maximum atomic E-state index is 12.9. The molecule has 0 fully saturated rings. The molecule has 2 aromatic carbocycles. The Kier molecular flexibility index (Phi) is 5.22. The third-order valence-corrected chi connectivity index (χ3v) is 5.97. The van der Waals surface area contributed by atoms with E-state index in [0.29, 0.717) is 18.0 Å². The molecule has 0 spiro atoms. The third kappa shape index (κ3) is 3.46. The third-order valence-electron chi connectivity index (χ3n) is 3.78. The van der Waals surface area contributed by atoms with Crippen LogP contribution in [0.1, 0.15) is 18.1 Å². The van der Waals surface area contributed by atoms with Crippen LogP contribution in [0.3, 0.4) is 0 Å². The van der Waals surface area contributed by atoms with E-state index in [0.717, 1.165) is 11.1 Å². The molecular weight excluding hydrogens is 334 g/mol. The number of aryl methyl sites for hydroxylation is 2. The molecule has 2 rings (SSSR count). The van der Waals surface area contributed by atoms with Gasteiger partial charge in [-0.3, -0.25) is 4.31 Å². The van der Waals surface area contributed by atoms with Crippen LogP contribution in [-0.4, -0.2) is 22.1 Å². The molecule has 0 aromatic heterocycles. The first-order valence-electron chi connectivity index (χ1n) is 7.24. The highest BCUT2D eigenvalue weighted by atomic mass is 35.5. The summed E-state index contributed by atoms with van der Waals surface area (Å²) in [6.45, 7) is 6.09. The van der Waals surface area contributed by atoms with Gasteiger partial charge >= 0.3 is 0 Å². The fraction of sp³-hybridized carbons (Fsp3) is 0.294. The summed E-state index contributed by atoms with van der Waals surface area (Å²) in [5, 5.41) is 0.268. The Bertz CT molecular complexity index is 819. The lowest BCUT2D eigenvalue weighted by Gasteiger charge is -2.24. The van der Waals surface area contributed by atoms with Gasteiger partial charge in [-0.05, 0) is 62.2 Å². The van der Waals surface area contributed by atoms with E-state index in [-0.39, 0.29) is 9.92 Å². The minimum Gasteiger partial charge on any atom is -0.495 e. The molecule has 4 nitrogen and oxygen atoms in total. The first kappa shape index (κ1) is 17.6. The van der Waals surface area contributed by atoms with Crippen molar-refractivity contribution in [2.45, 2.75) is 25.7 Å². The molecule has 0 bridgehead atoms. The number of rotatable bonds is 5. The zero-order chi connectivity index (χ0) is 17.2. The number of anilines is 1. The van der Waals surface area contributed by atoms with E-state index in [1.54, 1.807) is 13.0 Å². The van der Waals surface area contributed by atoms with E-state index < -0.39 is 10.0 Å². The zero-order valence-electron chi connectivity index (χ0n) is 13.6. The summed E-state index contributed by atoms with van der Waals surface area (Å²) in [6.07, 6.45) is 0. The highest BCUT2D eigenvalue weighted by molar-refractivity contribution is 7.92. The van der Waals surface area contributed by atoms with Crippen LogP contribution in [0.15, 0.2) is 41.3 Å². The van der Waals surface area contributed by atoms with Gasteiger partial charge in [-0.25, -0.2) is 8.42 Å². The predicted octanol–water partition coefficient (Wildman–Crippen LogP) is 4.18. The van der Waals surface area contributed by atoms with Crippen LogP contribution in [0.2, 0.25) is 5.02 Å². The SMILES string of the molecule is CCN(c1ccc(C)c(C)c1)S(=O)(=O)c1ccc(OC)c(Cl)c1. The Morgan fingerprint density at radius 3 is 2.30 bits per heavy atom. The van der Waals surface area contributed by atoms with E-state index in [1.807, 2.05) is 32.0 Å². The van der Waals surface area contributed by atoms with Crippen molar-refractivity contribution >= 4 is 27.3 Å². The molecule has 0 saturated heterocycles. The summed E-state index contributed by atoms with van der Waals surface area (Å²) in [4.78, 5) is 0.142. The number of halogens is 1. The van der Waals surface area contributed by atoms with Crippen LogP contribution >= 0.6 is 11.6 Å². The topological polar surface area (TPSA) is 46.6 Å². The molecule has 2 aromatic rings. The van der Waals surface area contributed by atoms with Crippen LogP contribution in [0.5, 0.6) is 5.75 Å². The molecule has 0 heterocycles. The lowest BCUT2D eigenvalue weighted by atomic mass is 10.1. The lowest BCUT2D eigenvalue weighted by molar-refractivity contribution is 0.414. The summed E-state index contributed by atoms with van der Waals surface area (Å²) >= 11 is 6.07. The quantitative estimate of drug-likeness (QED) is 0.810. The van der Waals surface area contributed by atoms with Crippen LogP contribution in [0.4, 0.5) is 5.69 Å². The Labute approximate surface area is 142 Å². The number of benzene rings is 2. The van der Waals surface area contributed by atoms with Crippen LogP contribution in [0.25, 0.3) is 0 Å². The van der Waals surface area contributed by atoms with Gasteiger partial charge in [0.2, 0.25) is 0 Å². The van der Waals surface area contributed by atoms with Crippen molar-refractivity contribution in [2.75, 3.05) is 18.0 Å². The highest BCUT2D eigenvalue weighted by Gasteiger charge is 2.24. The summed E-state index contributed by atoms with van der Waals surface area (Å²) in [5.41, 5.74) is 2.81. The van der Waals surface area contributed by atoms with Crippen molar-refractivity contribution in [3.8, 4) is 5.75 Å². The van der Waals surface area contributed by atoms with Gasteiger partial charge in [-0.1, -0.05) is 17.7 Å². The number of methoxy groups -OCH3 is 1. The Morgan fingerprint density at radius 2 is 1.78 bits per heavy atom. The summed E-state index contributed by atoms with van der Waals surface area (Å²) in [5.74, 6) is 0.444. The molecule has 0 aliphatic carbocycles. The molecule has 6 heteroatoms. The lowest BCUT2D eigenvalue weighted by Crippen LogP contribution is -2.30. The fourth-order valence-corrected chi connectivity index (χ4v) is 4.12. The maximum absolute atomic E-state index is 12.9. The molecular formula is C17H20ClNO3S. The summed E-state index contributed by atoms with van der Waals surface area (Å²) < 4.78 is 32.3. The van der Waals surface area contributed by atoms with E-state index in [9.17, 15) is 8.42 Å². The van der Waals surface area contributed by atoms with Gasteiger partial charge in [0.05, 0.1) is 22.7 Å². The molecule has 0 aliphatic rings. The van der Waals surface area contributed by atoms with Crippen LogP contribution in [0, 0.1) is 13.8 Å². The van der Waals surface area contributed by atoms with Gasteiger partial charge in [0.1, 0.15) is 5.75 Å². The van der Waals surface area contributed by atoms with Crippen molar-refractivity contribution in [1.29, 1.82) is 0 Å². The van der Waals surface area contributed by atoms with Gasteiger partial charge in [0, 0.05) is 6.54 Å². The predicted molar refractivity (Wildman–Crippen MR) is 94.1 cm³/mol. The van der Waals surface area contributed by atoms with Crippen molar-refractivity contribution in [3.05, 3.63) is 52.5 Å². The van der Waals surface area contributed by atoms with Gasteiger partial charge in [-0.15, -0.1) is 0 Å². The number of hydrogen-bond acceptors (Lipinski definition) is 3. The maximum Gasteiger partial charge on any atom is 0.264 e. The molecule has 0 unspecified atom stereocenters. The second-order valence-electron chi connectivity index (χ2n) is 5.23. The minimum absolute atomic E-state index is 0.142. The van der Waals surface area contributed by atoms with E-state index >= 15 is 0 Å². The van der Waals surface area contributed by atoms with E-state index in [1.165, 1.54) is 23.5 Å². The second-order valence-corrected chi connectivity index (χ2v) is 7.50. The standard InChI is InChI=1S/C17H20ClNO3S/c1-5-19(14-7-6-12(2)13(3)10-14)23(20,21)15-8-9-17(22-4)16(18)11-15/h6-11H,5H2,1-4H3. The van der Waals surface area contributed by atoms with Crippen molar-refractivity contribution in [1.82, 2.24) is 0 Å². The first-order chi connectivity index (χ1) is 10.8. The van der Waals surface area contributed by atoms with Gasteiger partial charge in [0.25, 0.3) is 10.0 Å². The molecule has 124 valence electrons. The van der Waals surface area contributed by atoms with E-state index in [4.69, 9.17) is 16.3 Å². The average molecular weight is 354 g/mol. The number of hydrogen-bond donors (Lipinski definition) is 0. The Morgan fingerprint density at radius 1 is 1.09 bits per heavy atom. The minimum atomic E-state index is -3.69. The summed E-state index contributed by atoms with van der Waals surface area (Å²) in [7, 11) is -2.20. The normalized spacial score (nSPS) is 11.3. The highest BCUT2D eigenvalue weighted by Crippen LogP contribution is 2.30. The van der Waals surface area contributed by atoms with Crippen LogP contribution in [-0.2, 0) is 10.0 Å². The first-order valence-corrected chi connectivity index (χ1v) is 9.06. The Balaban J connectivity index is 2.50. The molecule has 0 N–H and O–H groups in total. The largest absolute Gasteiger partial charge is 0.495 e. The molecule has 23 heavy (non-hydrogen) atoms. The molecule has 0 amide bonds. The number of nitrogens with zero attached hydrogens (tertiary/aromatic N) is 1. The van der Waals surface area contributed by atoms with E-state index in [2.05, 4.69) is 0 Å². The molecule has 0 radical (unpaired) electrons. The monoisotopic (exact) mass is 353 g/mol. The molecule has 0 aliphatic heterocycles. The molecule has 0 atom stereocenters. The smallest absolute Gasteiger partial charge is 0.264 e. The zero-order valence-corrected chi connectivity index (χ0v) is 15.2. The second kappa shape index (κ2) is 6.81. The van der Waals surface area contributed by atoms with Crippen molar-refractivity contribution in [3.63, 3.8) is 0 Å². The Hall–Kier alpha value is -1.72. The molecule has 0 saturated carbocycles. The van der Waals surface area contributed by atoms with Crippen molar-refractivity contribution < 1.29 is 13.2 Å².